The van der Waals surface area contributed by atoms with Crippen LogP contribution in [0.15, 0.2) is 12.1 Å². The number of carboxylic acid groups (broad SMARTS) is 1. The first-order chi connectivity index (χ1) is 7.16. The van der Waals surface area contributed by atoms with Crippen molar-refractivity contribution < 1.29 is 9.90 Å². The minimum absolute atomic E-state index is 0.407. The van der Waals surface area contributed by atoms with Crippen molar-refractivity contribution in [3.8, 4) is 0 Å². The normalized spacial score (nSPS) is 12.6. The third kappa shape index (κ3) is 1.82. The van der Waals surface area contributed by atoms with Crippen molar-refractivity contribution in [3.05, 3.63) is 12.1 Å². The van der Waals surface area contributed by atoms with Crippen molar-refractivity contribution in [2.75, 3.05) is 5.32 Å². The smallest absolute Gasteiger partial charge is 0.325 e. The zero-order chi connectivity index (χ0) is 10.8. The summed E-state index contributed by atoms with van der Waals surface area (Å²) in [5.74, 6) is -0.543. The van der Waals surface area contributed by atoms with Crippen molar-refractivity contribution in [2.45, 2.75) is 13.0 Å². The van der Waals surface area contributed by atoms with Crippen LogP contribution in [0.25, 0.3) is 5.65 Å². The number of fused-ring (bicyclic) bond motifs is 1. The van der Waals surface area contributed by atoms with Crippen molar-refractivity contribution in [3.63, 3.8) is 0 Å². The van der Waals surface area contributed by atoms with Gasteiger partial charge >= 0.3 is 5.97 Å². The SMILES string of the molecule is CC(Nc1ccc2nnnn2n1)C(=O)O. The lowest BCUT2D eigenvalue weighted by molar-refractivity contribution is -0.137. The lowest BCUT2D eigenvalue weighted by Crippen LogP contribution is -2.26. The van der Waals surface area contributed by atoms with Crippen molar-refractivity contribution in [1.29, 1.82) is 0 Å². The minimum Gasteiger partial charge on any atom is -0.480 e. The zero-order valence-electron chi connectivity index (χ0n) is 7.82. The molecule has 2 aromatic heterocycles. The summed E-state index contributed by atoms with van der Waals surface area (Å²) in [5.41, 5.74) is 0.503. The Labute approximate surface area is 83.9 Å². The molecule has 0 aliphatic heterocycles. The van der Waals surface area contributed by atoms with E-state index in [0.29, 0.717) is 11.5 Å². The number of aromatic nitrogens is 5. The van der Waals surface area contributed by atoms with Gasteiger partial charge in [0.15, 0.2) is 5.65 Å². The van der Waals surface area contributed by atoms with Gasteiger partial charge in [-0.3, -0.25) is 4.79 Å². The first-order valence-corrected chi connectivity index (χ1v) is 4.21. The van der Waals surface area contributed by atoms with Gasteiger partial charge in [0, 0.05) is 0 Å². The van der Waals surface area contributed by atoms with Gasteiger partial charge in [0.1, 0.15) is 11.9 Å². The molecule has 0 amide bonds. The highest BCUT2D eigenvalue weighted by molar-refractivity contribution is 5.76. The van der Waals surface area contributed by atoms with Gasteiger partial charge < -0.3 is 10.4 Å². The van der Waals surface area contributed by atoms with Crippen LogP contribution in [0.3, 0.4) is 0 Å². The minimum atomic E-state index is -0.950. The maximum Gasteiger partial charge on any atom is 0.325 e. The number of aliphatic carboxylic acids is 1. The Kier molecular flexibility index (Phi) is 2.16. The topological polar surface area (TPSA) is 105 Å². The highest BCUT2D eigenvalue weighted by atomic mass is 16.4. The Hall–Kier alpha value is -2.25. The van der Waals surface area contributed by atoms with Gasteiger partial charge in [0.25, 0.3) is 0 Å². The van der Waals surface area contributed by atoms with Crippen LogP contribution in [0, 0.1) is 0 Å². The molecule has 8 heteroatoms. The number of rotatable bonds is 3. The molecule has 0 aliphatic carbocycles. The third-order valence-corrected chi connectivity index (χ3v) is 1.80. The Bertz CT molecular complexity index is 495. The van der Waals surface area contributed by atoms with Crippen LogP contribution in [0.2, 0.25) is 0 Å². The van der Waals surface area contributed by atoms with Crippen LogP contribution in [-0.2, 0) is 4.79 Å². The molecule has 8 nitrogen and oxygen atoms in total. The number of hydrogen-bond acceptors (Lipinski definition) is 6. The molecule has 0 bridgehead atoms. The molecule has 0 fully saturated rings. The summed E-state index contributed by atoms with van der Waals surface area (Å²) < 4.78 is 1.22. The fourth-order valence-electron chi connectivity index (χ4n) is 1.01. The standard InChI is InChI=1S/C7H8N6O2/c1-4(7(14)15)8-5-2-3-6-9-11-12-13(6)10-5/h2-4H,1H3,(H,8,10)(H,14,15). The summed E-state index contributed by atoms with van der Waals surface area (Å²) in [7, 11) is 0. The summed E-state index contributed by atoms with van der Waals surface area (Å²) in [4.78, 5) is 10.6. The molecule has 0 radical (unpaired) electrons. The fraction of sp³-hybridized carbons (Fsp3) is 0.286. The van der Waals surface area contributed by atoms with E-state index in [4.69, 9.17) is 5.11 Å². The Morgan fingerprint density at radius 1 is 1.60 bits per heavy atom. The van der Waals surface area contributed by atoms with E-state index < -0.39 is 12.0 Å². The van der Waals surface area contributed by atoms with Crippen molar-refractivity contribution >= 4 is 17.4 Å². The molecule has 0 spiro atoms. The number of carbonyl (C=O) groups is 1. The van der Waals surface area contributed by atoms with E-state index in [-0.39, 0.29) is 0 Å². The van der Waals surface area contributed by atoms with E-state index in [9.17, 15) is 4.79 Å². The molecular formula is C7H8N6O2. The average molecular weight is 208 g/mol. The molecule has 1 atom stereocenters. The molecule has 0 saturated heterocycles. The van der Waals surface area contributed by atoms with E-state index in [1.54, 1.807) is 12.1 Å². The molecular weight excluding hydrogens is 200 g/mol. The second kappa shape index (κ2) is 3.48. The lowest BCUT2D eigenvalue weighted by atomic mass is 10.3. The maximum atomic E-state index is 10.6. The van der Waals surface area contributed by atoms with Gasteiger partial charge in [-0.1, -0.05) is 0 Å². The first kappa shape index (κ1) is 9.31. The van der Waals surface area contributed by atoms with E-state index in [0.717, 1.165) is 0 Å². The summed E-state index contributed by atoms with van der Waals surface area (Å²) >= 11 is 0. The quantitative estimate of drug-likeness (QED) is 0.694. The Morgan fingerprint density at radius 3 is 3.13 bits per heavy atom. The van der Waals surface area contributed by atoms with Crippen LogP contribution in [0.5, 0.6) is 0 Å². The van der Waals surface area contributed by atoms with Crippen LogP contribution in [0.1, 0.15) is 6.92 Å². The Balaban J connectivity index is 2.24. The molecule has 2 rings (SSSR count). The summed E-state index contributed by atoms with van der Waals surface area (Å²) in [5, 5.41) is 26.0. The predicted octanol–water partition coefficient (Wildman–Crippen LogP) is -0.596. The fourth-order valence-corrected chi connectivity index (χ4v) is 1.01. The van der Waals surface area contributed by atoms with Gasteiger partial charge in [-0.2, -0.15) is 0 Å². The number of hydrogen-bond donors (Lipinski definition) is 2. The number of tetrazole rings is 1. The second-order valence-electron chi connectivity index (χ2n) is 2.95. The zero-order valence-corrected chi connectivity index (χ0v) is 7.82. The van der Waals surface area contributed by atoms with Crippen LogP contribution < -0.4 is 5.32 Å². The highest BCUT2D eigenvalue weighted by Crippen LogP contribution is 2.04. The van der Waals surface area contributed by atoms with E-state index in [1.807, 2.05) is 0 Å². The molecule has 1 unspecified atom stereocenters. The van der Waals surface area contributed by atoms with E-state index >= 15 is 0 Å². The van der Waals surface area contributed by atoms with E-state index in [1.165, 1.54) is 11.6 Å². The monoisotopic (exact) mass is 208 g/mol. The molecule has 0 aromatic carbocycles. The molecule has 2 N–H and O–H groups in total. The van der Waals surface area contributed by atoms with Gasteiger partial charge in [0.05, 0.1) is 0 Å². The van der Waals surface area contributed by atoms with Crippen molar-refractivity contribution in [2.24, 2.45) is 0 Å². The Morgan fingerprint density at radius 2 is 2.40 bits per heavy atom. The molecule has 78 valence electrons. The number of nitrogens with zero attached hydrogens (tertiary/aromatic N) is 5. The summed E-state index contributed by atoms with van der Waals surface area (Å²) in [6, 6.07) is 2.54. The van der Waals surface area contributed by atoms with Crippen LogP contribution in [0.4, 0.5) is 5.82 Å². The molecule has 0 aliphatic rings. The van der Waals surface area contributed by atoms with Crippen LogP contribution in [-0.4, -0.2) is 42.4 Å². The van der Waals surface area contributed by atoms with Gasteiger partial charge in [0.2, 0.25) is 0 Å². The number of anilines is 1. The third-order valence-electron chi connectivity index (χ3n) is 1.80. The number of nitrogens with one attached hydrogen (secondary N) is 1. The highest BCUT2D eigenvalue weighted by Gasteiger charge is 2.11. The molecule has 2 aromatic rings. The predicted molar refractivity (Wildman–Crippen MR) is 49.3 cm³/mol. The average Bonchev–Trinajstić information content (AvgIpc) is 2.64. The maximum absolute atomic E-state index is 10.6. The molecule has 2 heterocycles. The molecule has 15 heavy (non-hydrogen) atoms. The van der Waals surface area contributed by atoms with Gasteiger partial charge in [-0.05, 0) is 29.5 Å². The summed E-state index contributed by atoms with van der Waals surface area (Å²) in [6.45, 7) is 1.52. The summed E-state index contributed by atoms with van der Waals surface area (Å²) in [6.07, 6.45) is 0. The molecule has 0 saturated carbocycles. The lowest BCUT2D eigenvalue weighted by Gasteiger charge is -2.08. The van der Waals surface area contributed by atoms with E-state index in [2.05, 4.69) is 25.9 Å². The largest absolute Gasteiger partial charge is 0.480 e. The first-order valence-electron chi connectivity index (χ1n) is 4.21. The van der Waals surface area contributed by atoms with Gasteiger partial charge in [-0.25, -0.2) is 0 Å². The van der Waals surface area contributed by atoms with Crippen molar-refractivity contribution in [1.82, 2.24) is 25.3 Å². The van der Waals surface area contributed by atoms with Crippen LogP contribution >= 0.6 is 0 Å². The van der Waals surface area contributed by atoms with Gasteiger partial charge in [-0.15, -0.1) is 14.8 Å². The number of carboxylic acids is 1. The second-order valence-corrected chi connectivity index (χ2v) is 2.95.